The van der Waals surface area contributed by atoms with Gasteiger partial charge in [-0.15, -0.1) is 0 Å². The summed E-state index contributed by atoms with van der Waals surface area (Å²) < 4.78 is 0. The Balaban J connectivity index is 2.27. The minimum absolute atomic E-state index is 0.120. The van der Waals surface area contributed by atoms with E-state index in [1.54, 1.807) is 6.20 Å². The van der Waals surface area contributed by atoms with E-state index in [1.807, 2.05) is 6.92 Å². The van der Waals surface area contributed by atoms with Crippen molar-refractivity contribution < 1.29 is 5.11 Å². The van der Waals surface area contributed by atoms with E-state index in [0.717, 1.165) is 5.39 Å². The van der Waals surface area contributed by atoms with Crippen LogP contribution in [0.2, 0.25) is 0 Å². The smallest absolute Gasteiger partial charge is 0.241 e. The number of nitrogens with zero attached hydrogens (tertiary/aromatic N) is 3. The lowest BCUT2D eigenvalue weighted by Crippen LogP contribution is -2.17. The molecule has 0 radical (unpaired) electrons. The van der Waals surface area contributed by atoms with Crippen molar-refractivity contribution in [2.45, 2.75) is 6.92 Å². The number of H-pyrrole nitrogens is 1. The van der Waals surface area contributed by atoms with E-state index in [-0.39, 0.29) is 12.5 Å². The van der Waals surface area contributed by atoms with Gasteiger partial charge < -0.3 is 10.4 Å². The molecule has 0 aliphatic rings. The molecule has 0 amide bonds. The van der Waals surface area contributed by atoms with Crippen LogP contribution in [0, 0.1) is 5.92 Å². The fourth-order valence-electron chi connectivity index (χ4n) is 1.37. The molecule has 2 aromatic rings. The van der Waals surface area contributed by atoms with Gasteiger partial charge in [-0.25, -0.2) is 5.84 Å². The van der Waals surface area contributed by atoms with Gasteiger partial charge in [0, 0.05) is 13.2 Å². The highest BCUT2D eigenvalue weighted by atomic mass is 16.3. The fourth-order valence-corrected chi connectivity index (χ4v) is 1.37. The third-order valence-corrected chi connectivity index (χ3v) is 2.37. The fraction of sp³-hybridized carbons (Fsp3) is 0.444. The van der Waals surface area contributed by atoms with Crippen LogP contribution in [-0.2, 0) is 0 Å². The number of aromatic nitrogens is 4. The van der Waals surface area contributed by atoms with Crippen LogP contribution in [0.1, 0.15) is 6.92 Å². The van der Waals surface area contributed by atoms with E-state index in [4.69, 9.17) is 10.9 Å². The molecule has 8 heteroatoms. The maximum Gasteiger partial charge on any atom is 0.241 e. The molecule has 2 aromatic heterocycles. The van der Waals surface area contributed by atoms with Gasteiger partial charge >= 0.3 is 0 Å². The molecule has 0 aliphatic heterocycles. The maximum absolute atomic E-state index is 8.96. The van der Waals surface area contributed by atoms with Crippen molar-refractivity contribution in [1.82, 2.24) is 20.2 Å². The van der Waals surface area contributed by atoms with Crippen LogP contribution in [0.4, 0.5) is 11.8 Å². The van der Waals surface area contributed by atoms with Crippen LogP contribution < -0.4 is 16.6 Å². The van der Waals surface area contributed by atoms with E-state index >= 15 is 0 Å². The van der Waals surface area contributed by atoms with Gasteiger partial charge in [0.25, 0.3) is 0 Å². The van der Waals surface area contributed by atoms with Crippen LogP contribution in [-0.4, -0.2) is 38.4 Å². The van der Waals surface area contributed by atoms with Gasteiger partial charge in [-0.2, -0.15) is 15.1 Å². The lowest BCUT2D eigenvalue weighted by molar-refractivity contribution is 0.244. The summed E-state index contributed by atoms with van der Waals surface area (Å²) in [5, 5.41) is 19.5. The Labute approximate surface area is 97.6 Å². The number of rotatable bonds is 5. The second kappa shape index (κ2) is 4.93. The van der Waals surface area contributed by atoms with Crippen LogP contribution in [0.3, 0.4) is 0 Å². The number of nitrogen functional groups attached to an aromatic ring is 1. The summed E-state index contributed by atoms with van der Waals surface area (Å²) in [6.07, 6.45) is 1.64. The number of nitrogens with one attached hydrogen (secondary N) is 3. The number of anilines is 2. The number of aromatic amines is 1. The van der Waals surface area contributed by atoms with Gasteiger partial charge in [0.2, 0.25) is 5.95 Å². The number of hydrazine groups is 1. The Morgan fingerprint density at radius 3 is 3.06 bits per heavy atom. The number of nitrogens with two attached hydrogens (primary N) is 1. The quantitative estimate of drug-likeness (QED) is 0.356. The Hall–Kier alpha value is -1.93. The highest BCUT2D eigenvalue weighted by molar-refractivity contribution is 5.86. The summed E-state index contributed by atoms with van der Waals surface area (Å²) in [4.78, 5) is 8.30. The average Bonchev–Trinajstić information content (AvgIpc) is 2.83. The van der Waals surface area contributed by atoms with Gasteiger partial charge in [-0.1, -0.05) is 6.92 Å². The van der Waals surface area contributed by atoms with Crippen molar-refractivity contribution in [2.75, 3.05) is 23.9 Å². The summed E-state index contributed by atoms with van der Waals surface area (Å²) >= 11 is 0. The lowest BCUT2D eigenvalue weighted by atomic mass is 10.2. The first-order chi connectivity index (χ1) is 8.24. The number of hydrogen-bond acceptors (Lipinski definition) is 7. The number of hydrogen-bond donors (Lipinski definition) is 5. The predicted octanol–water partition coefficient (Wildman–Crippen LogP) is -0.321. The van der Waals surface area contributed by atoms with Gasteiger partial charge in [0.05, 0.1) is 11.6 Å². The zero-order chi connectivity index (χ0) is 12.3. The number of fused-ring (bicyclic) bond motifs is 1. The molecular formula is C9H15N7O. The standard InChI is InChI=1S/C9H15N7O/c1-5(4-17)2-11-7-6-3-12-16-8(6)14-9(13-7)15-10/h3,5,17H,2,4,10H2,1H3,(H3,11,12,13,14,15,16). The molecule has 0 saturated heterocycles. The molecule has 0 fully saturated rings. The van der Waals surface area contributed by atoms with Crippen LogP contribution >= 0.6 is 0 Å². The molecular weight excluding hydrogens is 222 g/mol. The zero-order valence-electron chi connectivity index (χ0n) is 9.44. The van der Waals surface area contributed by atoms with E-state index in [1.165, 1.54) is 0 Å². The van der Waals surface area contributed by atoms with E-state index < -0.39 is 0 Å². The van der Waals surface area contributed by atoms with E-state index in [0.29, 0.717) is 24.0 Å². The Morgan fingerprint density at radius 2 is 2.35 bits per heavy atom. The Bertz CT molecular complexity index is 497. The average molecular weight is 237 g/mol. The predicted molar refractivity (Wildman–Crippen MR) is 64.2 cm³/mol. The largest absolute Gasteiger partial charge is 0.396 e. The third-order valence-electron chi connectivity index (χ3n) is 2.37. The molecule has 0 bridgehead atoms. The number of aliphatic hydroxyl groups excluding tert-OH is 1. The van der Waals surface area contributed by atoms with Gasteiger partial charge in [-0.3, -0.25) is 10.5 Å². The molecule has 0 saturated carbocycles. The zero-order valence-corrected chi connectivity index (χ0v) is 9.44. The SMILES string of the molecule is CC(CO)CNc1nc(NN)nc2[nH]ncc12. The second-order valence-corrected chi connectivity index (χ2v) is 3.84. The summed E-state index contributed by atoms with van der Waals surface area (Å²) in [6.45, 7) is 2.66. The first kappa shape index (κ1) is 11.6. The monoisotopic (exact) mass is 237 g/mol. The Morgan fingerprint density at radius 1 is 1.53 bits per heavy atom. The van der Waals surface area contributed by atoms with E-state index in [9.17, 15) is 0 Å². The summed E-state index contributed by atoms with van der Waals surface area (Å²) in [6, 6.07) is 0. The highest BCUT2D eigenvalue weighted by Crippen LogP contribution is 2.19. The molecule has 1 atom stereocenters. The van der Waals surface area contributed by atoms with Crippen molar-refractivity contribution in [1.29, 1.82) is 0 Å². The maximum atomic E-state index is 8.96. The van der Waals surface area contributed by atoms with Crippen molar-refractivity contribution in [3.63, 3.8) is 0 Å². The minimum Gasteiger partial charge on any atom is -0.396 e. The number of aliphatic hydroxyl groups is 1. The Kier molecular flexibility index (Phi) is 3.35. The molecule has 92 valence electrons. The molecule has 1 unspecified atom stereocenters. The van der Waals surface area contributed by atoms with Crippen molar-refractivity contribution >= 4 is 22.8 Å². The minimum atomic E-state index is 0.120. The first-order valence-corrected chi connectivity index (χ1v) is 5.27. The summed E-state index contributed by atoms with van der Waals surface area (Å²) in [5.74, 6) is 6.37. The van der Waals surface area contributed by atoms with Gasteiger partial charge in [-0.05, 0) is 5.92 Å². The lowest BCUT2D eigenvalue weighted by Gasteiger charge is -2.11. The van der Waals surface area contributed by atoms with Crippen molar-refractivity contribution in [3.05, 3.63) is 6.20 Å². The topological polar surface area (TPSA) is 125 Å². The molecule has 8 nitrogen and oxygen atoms in total. The first-order valence-electron chi connectivity index (χ1n) is 5.27. The summed E-state index contributed by atoms with van der Waals surface area (Å²) in [7, 11) is 0. The van der Waals surface area contributed by atoms with Crippen LogP contribution in [0.5, 0.6) is 0 Å². The second-order valence-electron chi connectivity index (χ2n) is 3.84. The van der Waals surface area contributed by atoms with Crippen molar-refractivity contribution in [3.8, 4) is 0 Å². The molecule has 6 N–H and O–H groups in total. The molecule has 0 aromatic carbocycles. The van der Waals surface area contributed by atoms with E-state index in [2.05, 4.69) is 30.9 Å². The van der Waals surface area contributed by atoms with Crippen LogP contribution in [0.25, 0.3) is 11.0 Å². The molecule has 17 heavy (non-hydrogen) atoms. The summed E-state index contributed by atoms with van der Waals surface area (Å²) in [5.41, 5.74) is 3.00. The van der Waals surface area contributed by atoms with Crippen molar-refractivity contribution in [2.24, 2.45) is 11.8 Å². The normalized spacial score (nSPS) is 12.6. The van der Waals surface area contributed by atoms with Gasteiger partial charge in [0.1, 0.15) is 5.82 Å². The van der Waals surface area contributed by atoms with Crippen LogP contribution in [0.15, 0.2) is 6.20 Å². The molecule has 0 spiro atoms. The third kappa shape index (κ3) is 2.43. The molecule has 2 rings (SSSR count). The highest BCUT2D eigenvalue weighted by Gasteiger charge is 2.09. The molecule has 2 heterocycles. The molecule has 0 aliphatic carbocycles. The van der Waals surface area contributed by atoms with Gasteiger partial charge in [0.15, 0.2) is 5.65 Å².